The zero-order valence-corrected chi connectivity index (χ0v) is 12.6. The van der Waals surface area contributed by atoms with Crippen molar-refractivity contribution in [3.63, 3.8) is 0 Å². The minimum Gasteiger partial charge on any atom is -0.463 e. The van der Waals surface area contributed by atoms with E-state index in [0.717, 1.165) is 0 Å². The second kappa shape index (κ2) is 14.7. The van der Waals surface area contributed by atoms with Crippen molar-refractivity contribution in [2.45, 2.75) is 19.1 Å². The fourth-order valence-electron chi connectivity index (χ4n) is 1.29. The smallest absolute Gasteiger partial charge is 0.306 e. The molecule has 0 atom stereocenters. The van der Waals surface area contributed by atoms with Crippen LogP contribution in [-0.4, -0.2) is 73.2 Å². The molecule has 0 aromatic rings. The summed E-state index contributed by atoms with van der Waals surface area (Å²) < 4.78 is 30.5. The molecule has 0 heterocycles. The first kappa shape index (κ1) is 19.3. The molecular formula is C13H26O7. The predicted octanol–water partition coefficient (Wildman–Crippen LogP) is 0.608. The van der Waals surface area contributed by atoms with E-state index < -0.39 is 6.29 Å². The van der Waals surface area contributed by atoms with Crippen molar-refractivity contribution in [3.8, 4) is 0 Å². The Morgan fingerprint density at radius 2 is 1.30 bits per heavy atom. The van der Waals surface area contributed by atoms with Crippen molar-refractivity contribution in [1.29, 1.82) is 0 Å². The number of methoxy groups -OCH3 is 3. The van der Waals surface area contributed by atoms with Crippen LogP contribution in [0.3, 0.4) is 0 Å². The van der Waals surface area contributed by atoms with E-state index in [2.05, 4.69) is 0 Å². The predicted molar refractivity (Wildman–Crippen MR) is 71.5 cm³/mol. The quantitative estimate of drug-likeness (QED) is 0.264. The second-order valence-electron chi connectivity index (χ2n) is 3.91. The summed E-state index contributed by atoms with van der Waals surface area (Å²) >= 11 is 0. The minimum atomic E-state index is -0.463. The minimum absolute atomic E-state index is 0.231. The first-order valence-corrected chi connectivity index (χ1v) is 6.60. The molecule has 0 saturated carbocycles. The maximum atomic E-state index is 11.4. The Balaban J connectivity index is 3.84. The molecule has 0 aromatic heterocycles. The number of ether oxygens (including phenoxy) is 6. The molecule has 0 rings (SSSR count). The van der Waals surface area contributed by atoms with Gasteiger partial charge in [-0.15, -0.1) is 0 Å². The molecule has 7 nitrogen and oxygen atoms in total. The van der Waals surface area contributed by atoms with Gasteiger partial charge in [0.05, 0.1) is 39.5 Å². The molecule has 0 radical (unpaired) electrons. The van der Waals surface area contributed by atoms with Crippen LogP contribution in [0, 0.1) is 0 Å². The fraction of sp³-hybridized carbons (Fsp3) is 0.923. The molecule has 120 valence electrons. The van der Waals surface area contributed by atoms with E-state index in [1.165, 1.54) is 0 Å². The van der Waals surface area contributed by atoms with Gasteiger partial charge in [0, 0.05) is 27.8 Å². The molecule has 0 spiro atoms. The molecule has 0 unspecified atom stereocenters. The average Bonchev–Trinajstić information content (AvgIpc) is 2.45. The second-order valence-corrected chi connectivity index (χ2v) is 3.91. The van der Waals surface area contributed by atoms with E-state index in [1.54, 1.807) is 21.3 Å². The van der Waals surface area contributed by atoms with Crippen LogP contribution in [0.2, 0.25) is 0 Å². The number of hydrogen-bond acceptors (Lipinski definition) is 7. The standard InChI is InChI=1S/C13H26O7/c1-15-6-9-18-12(14)4-5-13(19-10-7-16-2)20-11-8-17-3/h13H,4-11H2,1-3H3. The number of carbonyl (C=O) groups is 1. The van der Waals surface area contributed by atoms with Crippen molar-refractivity contribution in [1.82, 2.24) is 0 Å². The van der Waals surface area contributed by atoms with E-state index in [0.29, 0.717) is 39.5 Å². The summed E-state index contributed by atoms with van der Waals surface area (Å²) in [5.74, 6) is -0.294. The van der Waals surface area contributed by atoms with Gasteiger partial charge in [0.2, 0.25) is 0 Å². The topological polar surface area (TPSA) is 72.5 Å². The molecule has 0 N–H and O–H groups in total. The SMILES string of the molecule is COCCOC(=O)CCC(OCCOC)OCCOC. The highest BCUT2D eigenvalue weighted by Crippen LogP contribution is 2.06. The summed E-state index contributed by atoms with van der Waals surface area (Å²) in [6.07, 6.45) is 0.198. The van der Waals surface area contributed by atoms with Crippen molar-refractivity contribution >= 4 is 5.97 Å². The highest BCUT2D eigenvalue weighted by Gasteiger charge is 2.13. The maximum absolute atomic E-state index is 11.4. The summed E-state index contributed by atoms with van der Waals surface area (Å²) in [6, 6.07) is 0. The van der Waals surface area contributed by atoms with Crippen LogP contribution in [-0.2, 0) is 33.2 Å². The van der Waals surface area contributed by atoms with Gasteiger partial charge in [-0.3, -0.25) is 4.79 Å². The lowest BCUT2D eigenvalue weighted by atomic mass is 10.3. The van der Waals surface area contributed by atoms with Crippen LogP contribution in [0.5, 0.6) is 0 Å². The van der Waals surface area contributed by atoms with E-state index in [1.807, 2.05) is 0 Å². The summed E-state index contributed by atoms with van der Waals surface area (Å²) in [4.78, 5) is 11.4. The Bertz CT molecular complexity index is 213. The number of esters is 1. The highest BCUT2D eigenvalue weighted by molar-refractivity contribution is 5.69. The van der Waals surface area contributed by atoms with Crippen molar-refractivity contribution in [2.75, 3.05) is 61.0 Å². The maximum Gasteiger partial charge on any atom is 0.306 e. The third-order valence-corrected chi connectivity index (χ3v) is 2.32. The normalized spacial score (nSPS) is 11.0. The van der Waals surface area contributed by atoms with E-state index in [-0.39, 0.29) is 19.0 Å². The van der Waals surface area contributed by atoms with Crippen molar-refractivity contribution in [3.05, 3.63) is 0 Å². The highest BCUT2D eigenvalue weighted by atomic mass is 16.7. The van der Waals surface area contributed by atoms with Gasteiger partial charge in [-0.05, 0) is 0 Å². The van der Waals surface area contributed by atoms with Crippen molar-refractivity contribution < 1.29 is 33.2 Å². The van der Waals surface area contributed by atoms with Gasteiger partial charge in [-0.25, -0.2) is 0 Å². The lowest BCUT2D eigenvalue weighted by molar-refractivity contribution is -0.166. The first-order valence-electron chi connectivity index (χ1n) is 6.60. The summed E-state index contributed by atoms with van der Waals surface area (Å²) in [5, 5.41) is 0. The molecule has 0 saturated heterocycles. The molecule has 0 bridgehead atoms. The number of hydrogen-bond donors (Lipinski definition) is 0. The number of rotatable bonds is 14. The van der Waals surface area contributed by atoms with Crippen LogP contribution >= 0.6 is 0 Å². The molecule has 0 aromatic carbocycles. The van der Waals surface area contributed by atoms with Crippen LogP contribution in [0.4, 0.5) is 0 Å². The van der Waals surface area contributed by atoms with E-state index in [9.17, 15) is 4.79 Å². The third kappa shape index (κ3) is 12.3. The lowest BCUT2D eigenvalue weighted by Gasteiger charge is -2.18. The Labute approximate surface area is 120 Å². The van der Waals surface area contributed by atoms with Gasteiger partial charge in [-0.1, -0.05) is 0 Å². The molecule has 0 aliphatic carbocycles. The molecule has 7 heteroatoms. The van der Waals surface area contributed by atoms with Crippen LogP contribution < -0.4 is 0 Å². The summed E-state index contributed by atoms with van der Waals surface area (Å²) in [7, 11) is 4.74. The Morgan fingerprint density at radius 3 is 1.80 bits per heavy atom. The number of carbonyl (C=O) groups excluding carboxylic acids is 1. The van der Waals surface area contributed by atoms with Gasteiger partial charge >= 0.3 is 5.97 Å². The fourth-order valence-corrected chi connectivity index (χ4v) is 1.29. The van der Waals surface area contributed by atoms with Gasteiger partial charge in [0.25, 0.3) is 0 Å². The van der Waals surface area contributed by atoms with Gasteiger partial charge in [0.1, 0.15) is 6.61 Å². The Morgan fingerprint density at radius 1 is 0.800 bits per heavy atom. The van der Waals surface area contributed by atoms with Crippen LogP contribution in [0.15, 0.2) is 0 Å². The van der Waals surface area contributed by atoms with Crippen LogP contribution in [0.25, 0.3) is 0 Å². The Kier molecular flexibility index (Phi) is 14.1. The molecule has 0 amide bonds. The average molecular weight is 294 g/mol. The van der Waals surface area contributed by atoms with Crippen LogP contribution in [0.1, 0.15) is 12.8 Å². The van der Waals surface area contributed by atoms with E-state index in [4.69, 9.17) is 28.4 Å². The first-order chi connectivity index (χ1) is 9.74. The summed E-state index contributed by atoms with van der Waals surface area (Å²) in [6.45, 7) is 2.42. The third-order valence-electron chi connectivity index (χ3n) is 2.32. The zero-order chi connectivity index (χ0) is 15.1. The Hall–Kier alpha value is -0.730. The lowest BCUT2D eigenvalue weighted by Crippen LogP contribution is -2.23. The van der Waals surface area contributed by atoms with Crippen molar-refractivity contribution in [2.24, 2.45) is 0 Å². The molecule has 0 aliphatic heterocycles. The van der Waals surface area contributed by atoms with Gasteiger partial charge in [0.15, 0.2) is 6.29 Å². The molecule has 0 fully saturated rings. The largest absolute Gasteiger partial charge is 0.463 e. The summed E-state index contributed by atoms with van der Waals surface area (Å²) in [5.41, 5.74) is 0. The molecular weight excluding hydrogens is 268 g/mol. The van der Waals surface area contributed by atoms with Gasteiger partial charge in [-0.2, -0.15) is 0 Å². The molecule has 20 heavy (non-hydrogen) atoms. The molecule has 0 aliphatic rings. The zero-order valence-electron chi connectivity index (χ0n) is 12.6. The van der Waals surface area contributed by atoms with Gasteiger partial charge < -0.3 is 28.4 Å². The van der Waals surface area contributed by atoms with E-state index >= 15 is 0 Å². The monoisotopic (exact) mass is 294 g/mol.